The molecule has 1 fully saturated rings. The molecule has 6 nitrogen and oxygen atoms in total. The van der Waals surface area contributed by atoms with Crippen LogP contribution in [-0.2, 0) is 16.0 Å². The monoisotopic (exact) mass is 470 g/mol. The van der Waals surface area contributed by atoms with Gasteiger partial charge in [-0.25, -0.2) is 0 Å². The number of nitrogens with two attached hydrogens (primary N) is 2. The van der Waals surface area contributed by atoms with Gasteiger partial charge in [-0.1, -0.05) is 42.5 Å². The topological polar surface area (TPSA) is 111 Å². The lowest BCUT2D eigenvalue weighted by Gasteiger charge is -2.43. The molecule has 0 bridgehead atoms. The number of rotatable bonds is 8. The van der Waals surface area contributed by atoms with Crippen molar-refractivity contribution in [1.29, 1.82) is 0 Å². The van der Waals surface area contributed by atoms with E-state index < -0.39 is 5.41 Å². The molecule has 1 unspecified atom stereocenters. The second-order valence-corrected chi connectivity index (χ2v) is 9.67. The molecule has 2 amide bonds. The highest BCUT2D eigenvalue weighted by Gasteiger charge is 2.47. The van der Waals surface area contributed by atoms with E-state index in [9.17, 15) is 9.59 Å². The third-order valence-corrected chi connectivity index (χ3v) is 7.43. The summed E-state index contributed by atoms with van der Waals surface area (Å²) in [7, 11) is 0. The smallest absolute Gasteiger partial charge is 0.224 e. The minimum Gasteiger partial charge on any atom is -0.369 e. The summed E-state index contributed by atoms with van der Waals surface area (Å²) in [6.45, 7) is 2.13. The summed E-state index contributed by atoms with van der Waals surface area (Å²) < 4.78 is 0. The Labute approximate surface area is 207 Å². The summed E-state index contributed by atoms with van der Waals surface area (Å²) >= 11 is 0. The molecule has 1 aromatic heterocycles. The first-order valence-electron chi connectivity index (χ1n) is 12.3. The van der Waals surface area contributed by atoms with Gasteiger partial charge in [-0.05, 0) is 85.5 Å². The van der Waals surface area contributed by atoms with Crippen molar-refractivity contribution in [2.75, 3.05) is 11.9 Å². The van der Waals surface area contributed by atoms with E-state index in [0.717, 1.165) is 40.9 Å². The largest absolute Gasteiger partial charge is 0.369 e. The van der Waals surface area contributed by atoms with Gasteiger partial charge in [-0.15, -0.1) is 0 Å². The Bertz CT molecular complexity index is 1170. The second-order valence-electron chi connectivity index (χ2n) is 9.67. The first kappa shape index (κ1) is 24.6. The molecular weight excluding hydrogens is 436 g/mol. The maximum absolute atomic E-state index is 13.1. The van der Waals surface area contributed by atoms with Gasteiger partial charge in [-0.2, -0.15) is 0 Å². The van der Waals surface area contributed by atoms with Gasteiger partial charge in [0.25, 0.3) is 0 Å². The van der Waals surface area contributed by atoms with Gasteiger partial charge in [0.1, 0.15) is 0 Å². The van der Waals surface area contributed by atoms with Gasteiger partial charge in [0.2, 0.25) is 11.8 Å². The van der Waals surface area contributed by atoms with E-state index in [1.807, 2.05) is 48.5 Å². The second kappa shape index (κ2) is 10.8. The third-order valence-electron chi connectivity index (χ3n) is 7.43. The zero-order chi connectivity index (χ0) is 24.8. The maximum Gasteiger partial charge on any atom is 0.224 e. The molecular formula is C29H34N4O2. The molecule has 0 radical (unpaired) electrons. The average Bonchev–Trinajstić information content (AvgIpc) is 2.88. The zero-order valence-corrected chi connectivity index (χ0v) is 20.2. The van der Waals surface area contributed by atoms with Crippen LogP contribution in [0.25, 0.3) is 11.1 Å². The number of primary amides is 1. The fourth-order valence-electron chi connectivity index (χ4n) is 5.43. The Morgan fingerprint density at radius 1 is 1.03 bits per heavy atom. The van der Waals surface area contributed by atoms with Gasteiger partial charge in [-0.3, -0.25) is 14.6 Å². The molecule has 1 heterocycles. The van der Waals surface area contributed by atoms with Crippen LogP contribution in [0, 0.1) is 11.3 Å². The third kappa shape index (κ3) is 5.60. The summed E-state index contributed by atoms with van der Waals surface area (Å²) in [5.41, 5.74) is 16.1. The van der Waals surface area contributed by atoms with E-state index in [4.69, 9.17) is 16.5 Å². The van der Waals surface area contributed by atoms with E-state index in [1.54, 1.807) is 6.20 Å². The van der Waals surface area contributed by atoms with Gasteiger partial charge < -0.3 is 16.8 Å². The van der Waals surface area contributed by atoms with Crippen molar-refractivity contribution in [2.24, 2.45) is 22.8 Å². The number of amides is 2. The van der Waals surface area contributed by atoms with E-state index in [0.29, 0.717) is 31.7 Å². The number of hydrogen-bond acceptors (Lipinski definition) is 4. The Morgan fingerprint density at radius 2 is 1.74 bits per heavy atom. The molecule has 0 aliphatic heterocycles. The Balaban J connectivity index is 1.75. The standard InChI is InChI=1S/C29H34N4O2/c1-20(34)33-25-9-5-8-23(17-25)24-12-15-32-27(18-24)26(16-21-6-3-2-4-7-21)29(28(31)35)13-10-22(19-30)11-14-29/h2-9,12,15,17-18,22,26H,10-11,13-14,16,19,30H2,1H3,(H2,31,35)(H,33,34). The fourth-order valence-corrected chi connectivity index (χ4v) is 5.43. The highest BCUT2D eigenvalue weighted by atomic mass is 16.2. The highest BCUT2D eigenvalue weighted by molar-refractivity contribution is 5.89. The van der Waals surface area contributed by atoms with Crippen LogP contribution in [0.5, 0.6) is 0 Å². The molecule has 5 N–H and O–H groups in total. The normalized spacial score (nSPS) is 20.7. The van der Waals surface area contributed by atoms with Crippen molar-refractivity contribution in [2.45, 2.75) is 44.9 Å². The lowest BCUT2D eigenvalue weighted by Crippen LogP contribution is -2.46. The summed E-state index contributed by atoms with van der Waals surface area (Å²) in [5, 5.41) is 2.84. The molecule has 1 saturated carbocycles. The summed E-state index contributed by atoms with van der Waals surface area (Å²) in [6, 6.07) is 22.0. The number of hydrogen-bond donors (Lipinski definition) is 3. The number of anilines is 1. The predicted octanol–water partition coefficient (Wildman–Crippen LogP) is 4.65. The summed E-state index contributed by atoms with van der Waals surface area (Å²) in [4.78, 5) is 29.4. The average molecular weight is 471 g/mol. The van der Waals surface area contributed by atoms with Crippen molar-refractivity contribution < 1.29 is 9.59 Å². The van der Waals surface area contributed by atoms with Gasteiger partial charge in [0.05, 0.1) is 5.41 Å². The lowest BCUT2D eigenvalue weighted by molar-refractivity contribution is -0.132. The predicted molar refractivity (Wildman–Crippen MR) is 140 cm³/mol. The minimum atomic E-state index is -0.675. The number of benzene rings is 2. The van der Waals surface area contributed by atoms with Crippen LogP contribution >= 0.6 is 0 Å². The van der Waals surface area contributed by atoms with Gasteiger partial charge >= 0.3 is 0 Å². The van der Waals surface area contributed by atoms with Crippen LogP contribution < -0.4 is 16.8 Å². The van der Waals surface area contributed by atoms with Crippen LogP contribution in [0.4, 0.5) is 5.69 Å². The molecule has 1 aliphatic carbocycles. The number of aromatic nitrogens is 1. The highest BCUT2D eigenvalue weighted by Crippen LogP contribution is 2.50. The van der Waals surface area contributed by atoms with E-state index >= 15 is 0 Å². The first-order valence-corrected chi connectivity index (χ1v) is 12.3. The van der Waals surface area contributed by atoms with Crippen LogP contribution in [0.3, 0.4) is 0 Å². The molecule has 182 valence electrons. The molecule has 0 spiro atoms. The van der Waals surface area contributed by atoms with Crippen molar-refractivity contribution in [3.8, 4) is 11.1 Å². The maximum atomic E-state index is 13.1. The Kier molecular flexibility index (Phi) is 7.61. The number of nitrogens with zero attached hydrogens (tertiary/aromatic N) is 1. The number of carbonyl (C=O) groups excluding carboxylic acids is 2. The van der Waals surface area contributed by atoms with E-state index in [2.05, 4.69) is 23.5 Å². The molecule has 3 aromatic rings. The van der Waals surface area contributed by atoms with Crippen LogP contribution in [-0.4, -0.2) is 23.3 Å². The summed E-state index contributed by atoms with van der Waals surface area (Å²) in [5.74, 6) is -0.0963. The summed E-state index contributed by atoms with van der Waals surface area (Å²) in [6.07, 6.45) is 5.69. The molecule has 0 saturated heterocycles. The Hall–Kier alpha value is -3.51. The van der Waals surface area contributed by atoms with Crippen molar-refractivity contribution in [3.05, 3.63) is 84.2 Å². The molecule has 2 aromatic carbocycles. The molecule has 35 heavy (non-hydrogen) atoms. The van der Waals surface area contributed by atoms with Crippen molar-refractivity contribution in [1.82, 2.24) is 4.98 Å². The van der Waals surface area contributed by atoms with Gasteiger partial charge in [0, 0.05) is 30.4 Å². The van der Waals surface area contributed by atoms with Gasteiger partial charge in [0.15, 0.2) is 0 Å². The SMILES string of the molecule is CC(=O)Nc1cccc(-c2ccnc(C(Cc3ccccc3)C3(C(N)=O)CCC(CN)CC3)c2)c1. The zero-order valence-electron chi connectivity index (χ0n) is 20.2. The quantitative estimate of drug-likeness (QED) is 0.445. The first-order chi connectivity index (χ1) is 16.9. The minimum absolute atomic E-state index is 0.114. The van der Waals surface area contributed by atoms with Crippen molar-refractivity contribution >= 4 is 17.5 Å². The number of nitrogens with one attached hydrogen (secondary N) is 1. The molecule has 4 rings (SSSR count). The number of carbonyl (C=O) groups is 2. The van der Waals surface area contributed by atoms with E-state index in [1.165, 1.54) is 6.92 Å². The fraction of sp³-hybridized carbons (Fsp3) is 0.345. The molecule has 6 heteroatoms. The molecule has 1 atom stereocenters. The number of pyridine rings is 1. The van der Waals surface area contributed by atoms with Crippen LogP contribution in [0.15, 0.2) is 72.9 Å². The van der Waals surface area contributed by atoms with Crippen LogP contribution in [0.2, 0.25) is 0 Å². The van der Waals surface area contributed by atoms with Crippen molar-refractivity contribution in [3.63, 3.8) is 0 Å². The Morgan fingerprint density at radius 3 is 2.40 bits per heavy atom. The van der Waals surface area contributed by atoms with Crippen LogP contribution in [0.1, 0.15) is 49.8 Å². The lowest BCUT2D eigenvalue weighted by atomic mass is 9.60. The molecule has 1 aliphatic rings. The van der Waals surface area contributed by atoms with E-state index in [-0.39, 0.29) is 17.7 Å².